The molecule has 1 fully saturated rings. The third-order valence-electron chi connectivity index (χ3n) is 2.85. The van der Waals surface area contributed by atoms with E-state index in [0.29, 0.717) is 13.0 Å². The Morgan fingerprint density at radius 1 is 1.24 bits per heavy atom. The predicted molar refractivity (Wildman–Crippen MR) is 59.2 cm³/mol. The lowest BCUT2D eigenvalue weighted by Gasteiger charge is -2.04. The molecule has 5 heteroatoms. The van der Waals surface area contributed by atoms with Crippen LogP contribution in [0.5, 0.6) is 5.75 Å². The zero-order chi connectivity index (χ0) is 12.4. The van der Waals surface area contributed by atoms with Crippen LogP contribution in [0.1, 0.15) is 12.0 Å². The van der Waals surface area contributed by atoms with E-state index >= 15 is 0 Å². The maximum absolute atomic E-state index is 11.5. The van der Waals surface area contributed by atoms with Gasteiger partial charge in [0.25, 0.3) is 0 Å². The van der Waals surface area contributed by atoms with Crippen LogP contribution >= 0.6 is 0 Å². The second-order valence-electron chi connectivity index (χ2n) is 4.17. The fourth-order valence-corrected chi connectivity index (χ4v) is 1.69. The number of phenolic OH excluding ortho intramolecular Hbond substituents is 1. The number of carbonyl (C=O) groups excluding carboxylic acids is 1. The van der Waals surface area contributed by atoms with Gasteiger partial charge in [-0.1, -0.05) is 12.1 Å². The Labute approximate surface area is 98.1 Å². The lowest BCUT2D eigenvalue weighted by molar-refractivity contribution is -0.140. The Morgan fingerprint density at radius 3 is 2.41 bits per heavy atom. The van der Waals surface area contributed by atoms with E-state index in [2.05, 4.69) is 5.32 Å². The highest BCUT2D eigenvalue weighted by Crippen LogP contribution is 2.38. The molecular formula is C12H13NO4. The van der Waals surface area contributed by atoms with Crippen LogP contribution in [0.4, 0.5) is 0 Å². The zero-order valence-electron chi connectivity index (χ0n) is 9.09. The van der Waals surface area contributed by atoms with Crippen LogP contribution in [-0.4, -0.2) is 22.1 Å². The molecule has 1 aromatic rings. The summed E-state index contributed by atoms with van der Waals surface area (Å²) in [7, 11) is 0. The Bertz CT molecular complexity index is 440. The summed E-state index contributed by atoms with van der Waals surface area (Å²) in [6, 6.07) is 6.49. The number of carboxylic acids is 1. The highest BCUT2D eigenvalue weighted by Gasteiger charge is 2.48. The molecule has 0 aromatic heterocycles. The first kappa shape index (κ1) is 11.4. The molecule has 0 spiro atoms. The van der Waals surface area contributed by atoms with Crippen LogP contribution in [-0.2, 0) is 16.1 Å². The predicted octanol–water partition coefficient (Wildman–Crippen LogP) is 0.729. The minimum absolute atomic E-state index is 0.174. The summed E-state index contributed by atoms with van der Waals surface area (Å²) in [6.07, 6.45) is 0.427. The Morgan fingerprint density at radius 2 is 1.88 bits per heavy atom. The molecule has 0 bridgehead atoms. The summed E-state index contributed by atoms with van der Waals surface area (Å²) in [5.74, 6) is -1.85. The fourth-order valence-electron chi connectivity index (χ4n) is 1.69. The van der Waals surface area contributed by atoms with E-state index in [0.717, 1.165) is 5.56 Å². The molecule has 1 aliphatic carbocycles. The summed E-state index contributed by atoms with van der Waals surface area (Å²) in [6.45, 7) is 0.349. The van der Waals surface area contributed by atoms with Gasteiger partial charge in [-0.3, -0.25) is 9.59 Å². The first-order chi connectivity index (χ1) is 8.08. The average molecular weight is 235 g/mol. The number of phenols is 1. The molecule has 0 aliphatic heterocycles. The molecule has 2 atom stereocenters. The monoisotopic (exact) mass is 235 g/mol. The zero-order valence-corrected chi connectivity index (χ0v) is 9.09. The Kier molecular flexibility index (Phi) is 2.99. The van der Waals surface area contributed by atoms with Gasteiger partial charge >= 0.3 is 5.97 Å². The molecule has 2 unspecified atom stereocenters. The minimum atomic E-state index is -0.908. The van der Waals surface area contributed by atoms with Gasteiger partial charge in [-0.05, 0) is 24.1 Å². The Hall–Kier alpha value is -2.04. The van der Waals surface area contributed by atoms with Gasteiger partial charge in [-0.15, -0.1) is 0 Å². The number of hydrogen-bond acceptors (Lipinski definition) is 3. The highest BCUT2D eigenvalue weighted by atomic mass is 16.4. The van der Waals surface area contributed by atoms with E-state index in [1.54, 1.807) is 24.3 Å². The van der Waals surface area contributed by atoms with E-state index in [4.69, 9.17) is 10.2 Å². The van der Waals surface area contributed by atoms with Gasteiger partial charge in [0.1, 0.15) is 5.75 Å². The van der Waals surface area contributed by atoms with Gasteiger partial charge in [0.15, 0.2) is 0 Å². The SMILES string of the molecule is O=C(O)C1CC1C(=O)NCc1ccc(O)cc1. The molecule has 2 rings (SSSR count). The van der Waals surface area contributed by atoms with Crippen molar-refractivity contribution in [2.75, 3.05) is 0 Å². The topological polar surface area (TPSA) is 86.6 Å². The van der Waals surface area contributed by atoms with Gasteiger partial charge < -0.3 is 15.5 Å². The van der Waals surface area contributed by atoms with Crippen LogP contribution in [0.15, 0.2) is 24.3 Å². The van der Waals surface area contributed by atoms with Crippen molar-refractivity contribution in [1.29, 1.82) is 0 Å². The van der Waals surface area contributed by atoms with E-state index in [1.165, 1.54) is 0 Å². The largest absolute Gasteiger partial charge is 0.508 e. The van der Waals surface area contributed by atoms with E-state index in [-0.39, 0.29) is 17.6 Å². The molecule has 5 nitrogen and oxygen atoms in total. The van der Waals surface area contributed by atoms with Crippen LogP contribution in [0.2, 0.25) is 0 Å². The number of aliphatic carboxylic acids is 1. The molecule has 17 heavy (non-hydrogen) atoms. The number of carboxylic acid groups (broad SMARTS) is 1. The molecule has 0 radical (unpaired) electrons. The number of rotatable bonds is 4. The average Bonchev–Trinajstić information content (AvgIpc) is 3.08. The summed E-state index contributed by atoms with van der Waals surface area (Å²) in [5, 5.41) is 20.4. The van der Waals surface area contributed by atoms with Crippen molar-refractivity contribution in [3.63, 3.8) is 0 Å². The lowest BCUT2D eigenvalue weighted by Crippen LogP contribution is -2.25. The standard InChI is InChI=1S/C12H13NO4/c14-8-3-1-7(2-4-8)6-13-11(15)9-5-10(9)12(16)17/h1-4,9-10,14H,5-6H2,(H,13,15)(H,16,17). The minimum Gasteiger partial charge on any atom is -0.508 e. The fraction of sp³-hybridized carbons (Fsp3) is 0.333. The number of carbonyl (C=O) groups is 2. The van der Waals surface area contributed by atoms with Crippen LogP contribution in [0, 0.1) is 11.8 Å². The summed E-state index contributed by atoms with van der Waals surface area (Å²) < 4.78 is 0. The summed E-state index contributed by atoms with van der Waals surface area (Å²) >= 11 is 0. The molecule has 0 saturated heterocycles. The number of benzene rings is 1. The molecule has 1 aromatic carbocycles. The molecule has 1 saturated carbocycles. The molecular weight excluding hydrogens is 222 g/mol. The summed E-state index contributed by atoms with van der Waals surface area (Å²) in [4.78, 5) is 22.1. The normalized spacial score (nSPS) is 21.9. The van der Waals surface area contributed by atoms with E-state index in [9.17, 15) is 9.59 Å². The first-order valence-electron chi connectivity index (χ1n) is 5.36. The molecule has 90 valence electrons. The molecule has 1 aliphatic rings. The maximum Gasteiger partial charge on any atom is 0.307 e. The van der Waals surface area contributed by atoms with Gasteiger partial charge in [0, 0.05) is 6.54 Å². The van der Waals surface area contributed by atoms with Crippen molar-refractivity contribution >= 4 is 11.9 Å². The van der Waals surface area contributed by atoms with Gasteiger partial charge in [0.05, 0.1) is 11.8 Å². The third kappa shape index (κ3) is 2.75. The van der Waals surface area contributed by atoms with Crippen molar-refractivity contribution in [1.82, 2.24) is 5.32 Å². The van der Waals surface area contributed by atoms with Crippen molar-refractivity contribution < 1.29 is 19.8 Å². The molecule has 3 N–H and O–H groups in total. The quantitative estimate of drug-likeness (QED) is 0.718. The van der Waals surface area contributed by atoms with Crippen molar-refractivity contribution in [2.45, 2.75) is 13.0 Å². The first-order valence-corrected chi connectivity index (χ1v) is 5.36. The van der Waals surface area contributed by atoms with Crippen molar-refractivity contribution in [3.05, 3.63) is 29.8 Å². The van der Waals surface area contributed by atoms with Gasteiger partial charge in [-0.2, -0.15) is 0 Å². The summed E-state index contributed by atoms with van der Waals surface area (Å²) in [5.41, 5.74) is 0.865. The van der Waals surface area contributed by atoms with Gasteiger partial charge in [-0.25, -0.2) is 0 Å². The molecule has 1 amide bonds. The second kappa shape index (κ2) is 4.45. The second-order valence-corrected chi connectivity index (χ2v) is 4.17. The van der Waals surface area contributed by atoms with E-state index in [1.807, 2.05) is 0 Å². The van der Waals surface area contributed by atoms with Gasteiger partial charge in [0.2, 0.25) is 5.91 Å². The van der Waals surface area contributed by atoms with Crippen molar-refractivity contribution in [2.24, 2.45) is 11.8 Å². The number of aromatic hydroxyl groups is 1. The number of amides is 1. The molecule has 0 heterocycles. The van der Waals surface area contributed by atoms with Crippen LogP contribution in [0.25, 0.3) is 0 Å². The lowest BCUT2D eigenvalue weighted by atomic mass is 10.2. The van der Waals surface area contributed by atoms with Crippen LogP contribution in [0.3, 0.4) is 0 Å². The van der Waals surface area contributed by atoms with Crippen molar-refractivity contribution in [3.8, 4) is 5.75 Å². The highest BCUT2D eigenvalue weighted by molar-refractivity contribution is 5.89. The van der Waals surface area contributed by atoms with E-state index < -0.39 is 11.9 Å². The Balaban J connectivity index is 1.81. The smallest absolute Gasteiger partial charge is 0.307 e. The van der Waals surface area contributed by atoms with Crippen LogP contribution < -0.4 is 5.32 Å². The maximum atomic E-state index is 11.5. The number of nitrogens with one attached hydrogen (secondary N) is 1. The number of hydrogen-bond donors (Lipinski definition) is 3. The third-order valence-corrected chi connectivity index (χ3v) is 2.85.